The molecule has 0 spiro atoms. The molecule has 0 aliphatic heterocycles. The zero-order valence-corrected chi connectivity index (χ0v) is 23.6. The number of carbonyl (C=O) groups is 2. The van der Waals surface area contributed by atoms with Crippen LogP contribution < -0.4 is 10.6 Å². The van der Waals surface area contributed by atoms with Crippen molar-refractivity contribution >= 4 is 90.4 Å². The molecular weight excluding hydrogens is 737 g/mol. The van der Waals surface area contributed by atoms with Gasteiger partial charge in [-0.25, -0.2) is 4.79 Å². The van der Waals surface area contributed by atoms with Crippen LogP contribution in [0.3, 0.4) is 0 Å². The van der Waals surface area contributed by atoms with Crippen LogP contribution in [0.25, 0.3) is 0 Å². The van der Waals surface area contributed by atoms with Crippen molar-refractivity contribution in [2.75, 3.05) is 5.32 Å². The maximum Gasteiger partial charge on any atom is 0.408 e. The average molecular weight is 756 g/mol. The summed E-state index contributed by atoms with van der Waals surface area (Å²) in [6, 6.07) is 16.9. The predicted molar refractivity (Wildman–Crippen MR) is 149 cm³/mol. The van der Waals surface area contributed by atoms with E-state index in [0.29, 0.717) is 22.3 Å². The first-order valence-electron chi connectivity index (χ1n) is 9.63. The summed E-state index contributed by atoms with van der Waals surface area (Å²) in [4.78, 5) is 25.6. The van der Waals surface area contributed by atoms with E-state index in [9.17, 15) is 14.7 Å². The summed E-state index contributed by atoms with van der Waals surface area (Å²) in [5.74, 6) is -0.235. The minimum atomic E-state index is -0.918. The second-order valence-corrected chi connectivity index (χ2v) is 10.6. The number of hydrogen-bond acceptors (Lipinski definition) is 4. The Labute approximate surface area is 231 Å². The molecule has 3 rings (SSSR count). The number of phenolic OH excluding ortho intramolecular Hbond substituents is 1. The number of amides is 2. The molecule has 0 bridgehead atoms. The highest BCUT2D eigenvalue weighted by atomic mass is 127. The molecule has 0 heterocycles. The van der Waals surface area contributed by atoms with Crippen LogP contribution in [0.2, 0.25) is 5.02 Å². The second-order valence-electron chi connectivity index (χ2n) is 6.99. The Kier molecular flexibility index (Phi) is 9.65. The van der Waals surface area contributed by atoms with Crippen LogP contribution >= 0.6 is 72.7 Å². The molecule has 0 saturated heterocycles. The molecule has 0 saturated carbocycles. The van der Waals surface area contributed by atoms with Gasteiger partial charge >= 0.3 is 6.09 Å². The van der Waals surface area contributed by atoms with Gasteiger partial charge in [0.2, 0.25) is 5.91 Å². The molecule has 0 aliphatic rings. The fraction of sp³-hybridized carbons (Fsp3) is 0.130. The lowest BCUT2D eigenvalue weighted by Gasteiger charge is -2.19. The molecule has 1 atom stereocenters. The lowest BCUT2D eigenvalue weighted by Crippen LogP contribution is -2.45. The van der Waals surface area contributed by atoms with Gasteiger partial charge in [-0.2, -0.15) is 0 Å². The first kappa shape index (κ1) is 26.0. The molecule has 33 heavy (non-hydrogen) atoms. The van der Waals surface area contributed by atoms with Crippen LogP contribution in [0.15, 0.2) is 65.1 Å². The molecule has 6 nitrogen and oxygen atoms in total. The van der Waals surface area contributed by atoms with E-state index < -0.39 is 18.0 Å². The van der Waals surface area contributed by atoms with Gasteiger partial charge in [0.25, 0.3) is 0 Å². The second kappa shape index (κ2) is 12.2. The van der Waals surface area contributed by atoms with Gasteiger partial charge in [-0.3, -0.25) is 4.79 Å². The smallest absolute Gasteiger partial charge is 0.408 e. The Hall–Kier alpha value is -1.57. The quantitative estimate of drug-likeness (QED) is 0.241. The van der Waals surface area contributed by atoms with E-state index in [0.717, 1.165) is 11.1 Å². The molecule has 0 unspecified atom stereocenters. The number of nitrogens with one attached hydrogen (secondary N) is 2. The molecular formula is C23H18BrClI2N2O4. The van der Waals surface area contributed by atoms with E-state index in [1.165, 1.54) is 0 Å². The van der Waals surface area contributed by atoms with Gasteiger partial charge in [0, 0.05) is 16.6 Å². The predicted octanol–water partition coefficient (Wildman–Crippen LogP) is 6.49. The number of phenols is 1. The van der Waals surface area contributed by atoms with E-state index in [1.807, 2.05) is 75.5 Å². The van der Waals surface area contributed by atoms with E-state index in [-0.39, 0.29) is 18.8 Å². The van der Waals surface area contributed by atoms with Gasteiger partial charge in [0.1, 0.15) is 18.4 Å². The lowest BCUT2D eigenvalue weighted by atomic mass is 10.0. The summed E-state index contributed by atoms with van der Waals surface area (Å²) in [6.45, 7) is 0.0835. The topological polar surface area (TPSA) is 87.7 Å². The van der Waals surface area contributed by atoms with E-state index in [4.69, 9.17) is 16.3 Å². The molecule has 3 aromatic carbocycles. The van der Waals surface area contributed by atoms with Crippen molar-refractivity contribution in [3.05, 3.63) is 88.4 Å². The van der Waals surface area contributed by atoms with Gasteiger partial charge in [-0.05, 0) is 103 Å². The highest BCUT2D eigenvalue weighted by Crippen LogP contribution is 2.28. The van der Waals surface area contributed by atoms with Crippen LogP contribution in [0, 0.1) is 7.14 Å². The first-order valence-corrected chi connectivity index (χ1v) is 13.0. The molecule has 10 heteroatoms. The Morgan fingerprint density at radius 3 is 2.33 bits per heavy atom. The van der Waals surface area contributed by atoms with Crippen LogP contribution in [-0.2, 0) is 22.6 Å². The van der Waals surface area contributed by atoms with Crippen LogP contribution in [0.1, 0.15) is 11.1 Å². The minimum Gasteiger partial charge on any atom is -0.506 e. The third kappa shape index (κ3) is 7.72. The van der Waals surface area contributed by atoms with Crippen molar-refractivity contribution in [2.24, 2.45) is 0 Å². The van der Waals surface area contributed by atoms with Crippen molar-refractivity contribution in [1.29, 1.82) is 0 Å². The van der Waals surface area contributed by atoms with Crippen molar-refractivity contribution in [3.63, 3.8) is 0 Å². The zero-order chi connectivity index (χ0) is 24.0. The number of anilines is 1. The van der Waals surface area contributed by atoms with Crippen LogP contribution in [0.4, 0.5) is 10.5 Å². The summed E-state index contributed by atoms with van der Waals surface area (Å²) >= 11 is 13.4. The number of alkyl carbamates (subject to hydrolysis) is 1. The summed E-state index contributed by atoms with van der Waals surface area (Å²) in [5, 5.41) is 16.0. The highest BCUT2D eigenvalue weighted by molar-refractivity contribution is 14.1. The van der Waals surface area contributed by atoms with Gasteiger partial charge in [0.15, 0.2) is 0 Å². The van der Waals surface area contributed by atoms with Crippen molar-refractivity contribution < 1.29 is 19.4 Å². The van der Waals surface area contributed by atoms with Gasteiger partial charge in [-0.1, -0.05) is 41.9 Å². The van der Waals surface area contributed by atoms with Crippen molar-refractivity contribution in [1.82, 2.24) is 5.32 Å². The normalized spacial score (nSPS) is 11.5. The van der Waals surface area contributed by atoms with Gasteiger partial charge in [-0.15, -0.1) is 0 Å². The molecule has 3 N–H and O–H groups in total. The number of aromatic hydroxyl groups is 1. The maximum atomic E-state index is 13.1. The van der Waals surface area contributed by atoms with Gasteiger partial charge in [0.05, 0.1) is 12.2 Å². The summed E-state index contributed by atoms with van der Waals surface area (Å²) in [5.41, 5.74) is 2.14. The molecule has 0 aliphatic carbocycles. The number of benzene rings is 3. The first-order chi connectivity index (χ1) is 15.7. The highest BCUT2D eigenvalue weighted by Gasteiger charge is 2.23. The summed E-state index contributed by atoms with van der Waals surface area (Å²) in [7, 11) is 0. The monoisotopic (exact) mass is 754 g/mol. The minimum absolute atomic E-state index is 0.0835. The van der Waals surface area contributed by atoms with Crippen LogP contribution in [0.5, 0.6) is 5.75 Å². The molecule has 0 fully saturated rings. The Morgan fingerprint density at radius 2 is 1.70 bits per heavy atom. The van der Waals surface area contributed by atoms with Crippen molar-refractivity contribution in [3.8, 4) is 5.75 Å². The third-order valence-corrected chi connectivity index (χ3v) is 7.38. The molecule has 2 amide bonds. The average Bonchev–Trinajstić information content (AvgIpc) is 2.78. The number of carbonyl (C=O) groups excluding carboxylic acids is 2. The molecule has 3 aromatic rings. The number of ether oxygens (including phenoxy) is 1. The third-order valence-electron chi connectivity index (χ3n) is 4.52. The van der Waals surface area contributed by atoms with E-state index in [2.05, 4.69) is 26.6 Å². The number of halogens is 4. The lowest BCUT2D eigenvalue weighted by molar-refractivity contribution is -0.118. The fourth-order valence-electron chi connectivity index (χ4n) is 2.89. The Bertz CT molecular complexity index is 1140. The fourth-order valence-corrected chi connectivity index (χ4v) is 5.28. The maximum absolute atomic E-state index is 13.1. The van der Waals surface area contributed by atoms with Gasteiger partial charge < -0.3 is 20.5 Å². The summed E-state index contributed by atoms with van der Waals surface area (Å²) in [6.07, 6.45) is -0.507. The number of rotatable bonds is 7. The summed E-state index contributed by atoms with van der Waals surface area (Å²) < 4.78 is 7.24. The molecule has 172 valence electrons. The zero-order valence-electron chi connectivity index (χ0n) is 16.9. The SMILES string of the molecule is O=C(N[C@H](Cc1cc(I)c(O)c(I)c1)C(=O)Nc1ccc(Cl)c(Br)c1)OCc1ccccc1. The standard InChI is InChI=1S/C23H18BrClI2N2O4/c24-16-11-15(6-7-17(16)25)28-22(31)20(10-14-8-18(26)21(30)19(27)9-14)29-23(32)33-12-13-4-2-1-3-5-13/h1-9,11,20,30H,10,12H2,(H,28,31)(H,29,32)/t20-/m1/s1. The van der Waals surface area contributed by atoms with Crippen molar-refractivity contribution in [2.45, 2.75) is 19.1 Å². The number of hydrogen-bond donors (Lipinski definition) is 3. The van der Waals surface area contributed by atoms with E-state index in [1.54, 1.807) is 30.3 Å². The Morgan fingerprint density at radius 1 is 1.03 bits per heavy atom. The Balaban J connectivity index is 1.76. The molecule has 0 radical (unpaired) electrons. The van der Waals surface area contributed by atoms with Crippen LogP contribution in [-0.4, -0.2) is 23.1 Å². The van der Waals surface area contributed by atoms with E-state index >= 15 is 0 Å². The largest absolute Gasteiger partial charge is 0.506 e. The molecule has 0 aromatic heterocycles.